The summed E-state index contributed by atoms with van der Waals surface area (Å²) >= 11 is 0. The lowest BCUT2D eigenvalue weighted by Gasteiger charge is -2.12. The van der Waals surface area contributed by atoms with E-state index in [1.54, 1.807) is 0 Å². The maximum Gasteiger partial charge on any atom is 0.145 e. The Morgan fingerprint density at radius 1 is 0.435 bits per heavy atom. The average molecular weight is 590 g/mol. The Balaban J connectivity index is 1.29. The highest BCUT2D eigenvalue weighted by Gasteiger charge is 2.20. The number of nitrogens with zero attached hydrogens (tertiary/aromatic N) is 3. The van der Waals surface area contributed by atoms with Crippen molar-refractivity contribution in [3.63, 3.8) is 0 Å². The van der Waals surface area contributed by atoms with Gasteiger partial charge in [-0.25, -0.2) is 9.97 Å². The zero-order chi connectivity index (χ0) is 30.5. The Morgan fingerprint density at radius 2 is 1.07 bits per heavy atom. The fourth-order valence-corrected chi connectivity index (χ4v) is 6.44. The van der Waals surface area contributed by atoms with Crippen LogP contribution in [0.4, 0.5) is 0 Å². The van der Waals surface area contributed by atoms with Gasteiger partial charge in [-0.1, -0.05) is 115 Å². The van der Waals surface area contributed by atoms with E-state index in [1.807, 2.05) is 30.3 Å². The first-order valence-electron chi connectivity index (χ1n) is 15.4. The molecule has 9 aromatic rings. The lowest BCUT2D eigenvalue weighted by molar-refractivity contribution is 0.669. The normalized spacial score (nSPS) is 11.5. The molecule has 3 aromatic heterocycles. The van der Waals surface area contributed by atoms with Crippen LogP contribution in [0.3, 0.4) is 0 Å². The van der Waals surface area contributed by atoms with Gasteiger partial charge in [0.1, 0.15) is 17.0 Å². The molecular weight excluding hydrogens is 562 g/mol. The third-order valence-electron chi connectivity index (χ3n) is 8.60. The van der Waals surface area contributed by atoms with Crippen molar-refractivity contribution in [2.24, 2.45) is 0 Å². The van der Waals surface area contributed by atoms with Gasteiger partial charge in [0.05, 0.1) is 33.5 Å². The van der Waals surface area contributed by atoms with Gasteiger partial charge in [-0.3, -0.25) is 4.57 Å². The number of aromatic nitrogens is 3. The second-order valence-corrected chi connectivity index (χ2v) is 11.4. The highest BCUT2D eigenvalue weighted by Crippen LogP contribution is 2.39. The standard InChI is InChI=1S/C42H27N3O/c1-4-13-28(14-5-1)35-26-32(27-36(43-35)29-15-6-2-7-16-29)31-23-24-39-33(25-31)41-38(21-12-22-40(41)46-39)45-37-20-11-10-19-34(37)44-42(45)30-17-8-3-9-18-30/h1-27H. The molecule has 4 nitrogen and oxygen atoms in total. The molecule has 0 atom stereocenters. The number of fused-ring (bicyclic) bond motifs is 4. The lowest BCUT2D eigenvalue weighted by atomic mass is 9.98. The highest BCUT2D eigenvalue weighted by atomic mass is 16.3. The van der Waals surface area contributed by atoms with Crippen LogP contribution in [0.15, 0.2) is 168 Å². The molecule has 0 saturated heterocycles. The fraction of sp³-hybridized carbons (Fsp3) is 0. The van der Waals surface area contributed by atoms with E-state index in [0.29, 0.717) is 0 Å². The summed E-state index contributed by atoms with van der Waals surface area (Å²) in [6, 6.07) is 56.6. The zero-order valence-electron chi connectivity index (χ0n) is 24.8. The first kappa shape index (κ1) is 26.2. The molecule has 0 spiro atoms. The minimum absolute atomic E-state index is 0.839. The predicted molar refractivity (Wildman–Crippen MR) is 188 cm³/mol. The van der Waals surface area contributed by atoms with E-state index in [-0.39, 0.29) is 0 Å². The van der Waals surface area contributed by atoms with Gasteiger partial charge in [0.25, 0.3) is 0 Å². The zero-order valence-corrected chi connectivity index (χ0v) is 24.8. The van der Waals surface area contributed by atoms with Gasteiger partial charge in [-0.2, -0.15) is 0 Å². The number of furan rings is 1. The molecule has 3 heterocycles. The van der Waals surface area contributed by atoms with E-state index in [9.17, 15) is 0 Å². The number of rotatable bonds is 5. The Kier molecular flexibility index (Phi) is 6.10. The van der Waals surface area contributed by atoms with E-state index in [1.165, 1.54) is 0 Å². The van der Waals surface area contributed by atoms with Gasteiger partial charge in [0, 0.05) is 22.1 Å². The van der Waals surface area contributed by atoms with E-state index in [0.717, 1.165) is 83.7 Å². The molecule has 0 bridgehead atoms. The summed E-state index contributed by atoms with van der Waals surface area (Å²) in [6.45, 7) is 0. The van der Waals surface area contributed by atoms with Crippen molar-refractivity contribution in [1.29, 1.82) is 0 Å². The number of hydrogen-bond acceptors (Lipinski definition) is 3. The molecular formula is C42H27N3O. The van der Waals surface area contributed by atoms with Crippen LogP contribution in [0.25, 0.3) is 83.7 Å². The van der Waals surface area contributed by atoms with Crippen molar-refractivity contribution >= 4 is 33.0 Å². The molecule has 0 aliphatic heterocycles. The maximum absolute atomic E-state index is 6.48. The Morgan fingerprint density at radius 3 is 1.76 bits per heavy atom. The maximum atomic E-state index is 6.48. The van der Waals surface area contributed by atoms with Crippen molar-refractivity contribution in [3.8, 4) is 50.7 Å². The largest absolute Gasteiger partial charge is 0.456 e. The number of para-hydroxylation sites is 2. The lowest BCUT2D eigenvalue weighted by Crippen LogP contribution is -1.98. The van der Waals surface area contributed by atoms with Crippen LogP contribution in [0.2, 0.25) is 0 Å². The molecule has 46 heavy (non-hydrogen) atoms. The van der Waals surface area contributed by atoms with Crippen molar-refractivity contribution in [2.75, 3.05) is 0 Å². The van der Waals surface area contributed by atoms with Gasteiger partial charge in [-0.05, 0) is 59.7 Å². The Bertz CT molecular complexity index is 2460. The molecule has 0 unspecified atom stereocenters. The van der Waals surface area contributed by atoms with Gasteiger partial charge in [0.2, 0.25) is 0 Å². The summed E-state index contributed by atoms with van der Waals surface area (Å²) in [5.41, 5.74) is 12.0. The summed E-state index contributed by atoms with van der Waals surface area (Å²) in [4.78, 5) is 10.2. The van der Waals surface area contributed by atoms with Crippen molar-refractivity contribution in [2.45, 2.75) is 0 Å². The minimum atomic E-state index is 0.839. The first-order valence-corrected chi connectivity index (χ1v) is 15.4. The van der Waals surface area contributed by atoms with Crippen LogP contribution in [0.1, 0.15) is 0 Å². The molecule has 0 fully saturated rings. The number of benzene rings is 6. The summed E-state index contributed by atoms with van der Waals surface area (Å²) in [5.74, 6) is 0.897. The topological polar surface area (TPSA) is 43.9 Å². The third kappa shape index (κ3) is 4.39. The monoisotopic (exact) mass is 589 g/mol. The second kappa shape index (κ2) is 10.7. The summed E-state index contributed by atoms with van der Waals surface area (Å²) < 4.78 is 8.75. The van der Waals surface area contributed by atoms with Crippen LogP contribution in [-0.4, -0.2) is 14.5 Å². The number of imidazole rings is 1. The fourth-order valence-electron chi connectivity index (χ4n) is 6.44. The van der Waals surface area contributed by atoms with Crippen LogP contribution in [0, 0.1) is 0 Å². The first-order chi connectivity index (χ1) is 22.8. The van der Waals surface area contributed by atoms with Crippen LogP contribution >= 0.6 is 0 Å². The highest BCUT2D eigenvalue weighted by molar-refractivity contribution is 6.11. The SMILES string of the molecule is c1ccc(-c2cc(-c3ccc4oc5cccc(-n6c(-c7ccccc7)nc7ccccc76)c5c4c3)cc(-c3ccccc3)n2)cc1. The Hall–Kier alpha value is -6.26. The minimum Gasteiger partial charge on any atom is -0.456 e. The molecule has 4 heteroatoms. The number of hydrogen-bond donors (Lipinski definition) is 0. The predicted octanol–water partition coefficient (Wildman–Crippen LogP) is 11.0. The van der Waals surface area contributed by atoms with Crippen LogP contribution in [0.5, 0.6) is 0 Å². The smallest absolute Gasteiger partial charge is 0.145 e. The molecule has 0 amide bonds. The van der Waals surface area contributed by atoms with E-state index >= 15 is 0 Å². The molecule has 0 aliphatic carbocycles. The van der Waals surface area contributed by atoms with Gasteiger partial charge >= 0.3 is 0 Å². The quantitative estimate of drug-likeness (QED) is 0.201. The molecule has 6 aromatic carbocycles. The molecule has 0 aliphatic rings. The molecule has 0 N–H and O–H groups in total. The molecule has 0 radical (unpaired) electrons. The van der Waals surface area contributed by atoms with Crippen molar-refractivity contribution in [1.82, 2.24) is 14.5 Å². The van der Waals surface area contributed by atoms with Crippen molar-refractivity contribution in [3.05, 3.63) is 164 Å². The molecule has 0 saturated carbocycles. The number of pyridine rings is 1. The average Bonchev–Trinajstić information content (AvgIpc) is 3.71. The summed E-state index contributed by atoms with van der Waals surface area (Å²) in [7, 11) is 0. The Labute approximate surface area is 265 Å². The van der Waals surface area contributed by atoms with E-state index < -0.39 is 0 Å². The van der Waals surface area contributed by atoms with E-state index in [4.69, 9.17) is 14.4 Å². The van der Waals surface area contributed by atoms with Gasteiger partial charge < -0.3 is 4.42 Å². The second-order valence-electron chi connectivity index (χ2n) is 11.4. The van der Waals surface area contributed by atoms with E-state index in [2.05, 4.69) is 138 Å². The van der Waals surface area contributed by atoms with Crippen molar-refractivity contribution < 1.29 is 4.42 Å². The molecule has 9 rings (SSSR count). The van der Waals surface area contributed by atoms with Crippen LogP contribution < -0.4 is 0 Å². The van der Waals surface area contributed by atoms with Gasteiger partial charge in [0.15, 0.2) is 0 Å². The third-order valence-corrected chi connectivity index (χ3v) is 8.60. The van der Waals surface area contributed by atoms with Crippen LogP contribution in [-0.2, 0) is 0 Å². The van der Waals surface area contributed by atoms with Gasteiger partial charge in [-0.15, -0.1) is 0 Å². The molecule has 216 valence electrons. The summed E-state index contributed by atoms with van der Waals surface area (Å²) in [6.07, 6.45) is 0. The summed E-state index contributed by atoms with van der Waals surface area (Å²) in [5, 5.41) is 2.11.